The van der Waals surface area contributed by atoms with Gasteiger partial charge in [0.2, 0.25) is 0 Å². The van der Waals surface area contributed by atoms with E-state index >= 15 is 0 Å². The van der Waals surface area contributed by atoms with Crippen LogP contribution in [0.1, 0.15) is 38.2 Å². The Morgan fingerprint density at radius 3 is 2.78 bits per heavy atom. The number of rotatable bonds is 6. The molecule has 94 valence electrons. The molecule has 0 saturated heterocycles. The molecule has 0 N–H and O–H groups in total. The van der Waals surface area contributed by atoms with Crippen LogP contribution in [0.4, 0.5) is 0 Å². The van der Waals surface area contributed by atoms with Gasteiger partial charge in [-0.3, -0.25) is 4.98 Å². The summed E-state index contributed by atoms with van der Waals surface area (Å²) in [4.78, 5) is 4.17. The van der Waals surface area contributed by atoms with E-state index in [-0.39, 0.29) is 5.92 Å². The minimum Gasteiger partial charge on any atom is -0.264 e. The second-order valence-corrected chi connectivity index (χ2v) is 3.98. The quantitative estimate of drug-likeness (QED) is 0.394. The van der Waals surface area contributed by atoms with Crippen LogP contribution in [0.15, 0.2) is 66.7 Å². The molecule has 0 aliphatic heterocycles. The second kappa shape index (κ2) is 9.21. The van der Waals surface area contributed by atoms with Crippen LogP contribution in [-0.2, 0) is 0 Å². The highest BCUT2D eigenvalue weighted by Gasteiger charge is 2.02. The predicted molar refractivity (Wildman–Crippen MR) is 78.5 cm³/mol. The molecule has 0 spiro atoms. The van der Waals surface area contributed by atoms with Gasteiger partial charge in [-0.1, -0.05) is 44.2 Å². The fraction of sp³-hybridized carbons (Fsp3) is 0.294. The summed E-state index contributed by atoms with van der Waals surface area (Å²) < 4.78 is 0. The number of aromatic nitrogens is 1. The Morgan fingerprint density at radius 2 is 2.11 bits per heavy atom. The molecule has 1 atom stereocenters. The highest BCUT2D eigenvalue weighted by molar-refractivity contribution is 5.26. The zero-order valence-electron chi connectivity index (χ0n) is 11.2. The third kappa shape index (κ3) is 5.47. The largest absolute Gasteiger partial charge is 0.264 e. The molecular formula is C17H21N. The van der Waals surface area contributed by atoms with E-state index in [0.29, 0.717) is 0 Å². The normalized spacial score (nSPS) is 12.6. The number of pyridine rings is 1. The van der Waals surface area contributed by atoms with Crippen molar-refractivity contribution in [3.8, 4) is 0 Å². The molecule has 1 rings (SSSR count). The number of hydrogen-bond acceptors (Lipinski definition) is 1. The Balaban J connectivity index is 2.83. The maximum absolute atomic E-state index is 4.17. The van der Waals surface area contributed by atoms with Crippen molar-refractivity contribution in [1.82, 2.24) is 4.98 Å². The van der Waals surface area contributed by atoms with Crippen molar-refractivity contribution >= 4 is 0 Å². The van der Waals surface area contributed by atoms with E-state index in [0.717, 1.165) is 12.8 Å². The molecule has 1 nitrogen and oxygen atoms in total. The lowest BCUT2D eigenvalue weighted by atomic mass is 10.00. The molecule has 0 aliphatic carbocycles. The lowest BCUT2D eigenvalue weighted by Gasteiger charge is -2.05. The molecule has 0 bridgehead atoms. The fourth-order valence-electron chi connectivity index (χ4n) is 1.54. The Morgan fingerprint density at radius 1 is 1.28 bits per heavy atom. The van der Waals surface area contributed by atoms with Crippen LogP contribution in [0.3, 0.4) is 0 Å². The van der Waals surface area contributed by atoms with Gasteiger partial charge in [0.25, 0.3) is 0 Å². The average molecular weight is 239 g/mol. The summed E-state index contributed by atoms with van der Waals surface area (Å²) >= 11 is 0. The van der Waals surface area contributed by atoms with Crippen LogP contribution >= 0.6 is 0 Å². The van der Waals surface area contributed by atoms with Gasteiger partial charge in [0.1, 0.15) is 0 Å². The van der Waals surface area contributed by atoms with E-state index in [1.54, 1.807) is 6.20 Å². The monoisotopic (exact) mass is 239 g/mol. The molecular weight excluding hydrogens is 218 g/mol. The van der Waals surface area contributed by atoms with Crippen molar-refractivity contribution in [3.63, 3.8) is 0 Å². The molecule has 0 amide bonds. The molecule has 1 heteroatoms. The van der Waals surface area contributed by atoms with Crippen molar-refractivity contribution in [1.29, 1.82) is 0 Å². The number of allylic oxidation sites excluding steroid dienone is 5. The van der Waals surface area contributed by atoms with Crippen LogP contribution in [-0.4, -0.2) is 4.98 Å². The first-order valence-electron chi connectivity index (χ1n) is 6.52. The van der Waals surface area contributed by atoms with Crippen LogP contribution in [0.2, 0.25) is 0 Å². The molecule has 1 aromatic heterocycles. The maximum Gasteiger partial charge on any atom is 0.0309 e. The summed E-state index contributed by atoms with van der Waals surface area (Å²) in [6.45, 7) is 4.26. The van der Waals surface area contributed by atoms with Gasteiger partial charge in [0.05, 0.1) is 0 Å². The fourth-order valence-corrected chi connectivity index (χ4v) is 1.54. The average Bonchev–Trinajstić information content (AvgIpc) is 2.43. The van der Waals surface area contributed by atoms with Gasteiger partial charge >= 0.3 is 0 Å². The van der Waals surface area contributed by atoms with Gasteiger partial charge in [-0.25, -0.2) is 0 Å². The zero-order valence-corrected chi connectivity index (χ0v) is 11.2. The van der Waals surface area contributed by atoms with Crippen LogP contribution in [0.5, 0.6) is 0 Å². The second-order valence-electron chi connectivity index (χ2n) is 3.98. The lowest BCUT2D eigenvalue weighted by Crippen LogP contribution is -1.91. The van der Waals surface area contributed by atoms with E-state index in [2.05, 4.69) is 54.9 Å². The van der Waals surface area contributed by atoms with Gasteiger partial charge in [-0.15, -0.1) is 5.73 Å². The Labute approximate surface area is 110 Å². The summed E-state index contributed by atoms with van der Waals surface area (Å²) in [5, 5.41) is 0. The summed E-state index contributed by atoms with van der Waals surface area (Å²) in [7, 11) is 0. The predicted octanol–water partition coefficient (Wildman–Crippen LogP) is 4.81. The van der Waals surface area contributed by atoms with Crippen LogP contribution in [0.25, 0.3) is 0 Å². The van der Waals surface area contributed by atoms with Crippen LogP contribution < -0.4 is 0 Å². The SMILES string of the molecule is CCC=CC(C=C=C/C=C\CC)c1cccnc1. The Bertz CT molecular complexity index is 434. The summed E-state index contributed by atoms with van der Waals surface area (Å²) in [5.74, 6) is 0.255. The van der Waals surface area contributed by atoms with Crippen molar-refractivity contribution in [2.45, 2.75) is 32.6 Å². The van der Waals surface area contributed by atoms with E-state index in [1.807, 2.05) is 24.4 Å². The van der Waals surface area contributed by atoms with Crippen molar-refractivity contribution in [2.24, 2.45) is 0 Å². The molecule has 0 saturated carbocycles. The van der Waals surface area contributed by atoms with E-state index in [9.17, 15) is 0 Å². The summed E-state index contributed by atoms with van der Waals surface area (Å²) in [5.41, 5.74) is 4.41. The van der Waals surface area contributed by atoms with Gasteiger partial charge in [-0.05, 0) is 36.6 Å². The third-order valence-corrected chi connectivity index (χ3v) is 2.49. The molecule has 0 aromatic carbocycles. The summed E-state index contributed by atoms with van der Waals surface area (Å²) in [6, 6.07) is 4.06. The Hall–Kier alpha value is -1.85. The van der Waals surface area contributed by atoms with Gasteiger partial charge < -0.3 is 0 Å². The molecule has 0 aliphatic rings. The Kier molecular flexibility index (Phi) is 7.27. The minimum atomic E-state index is 0.255. The van der Waals surface area contributed by atoms with E-state index < -0.39 is 0 Å². The first kappa shape index (κ1) is 14.2. The maximum atomic E-state index is 4.17. The summed E-state index contributed by atoms with van der Waals surface area (Å²) in [6.07, 6.45) is 18.3. The first-order chi connectivity index (χ1) is 8.88. The third-order valence-electron chi connectivity index (χ3n) is 2.49. The molecule has 1 aromatic rings. The highest BCUT2D eigenvalue weighted by atomic mass is 14.6. The van der Waals surface area contributed by atoms with Crippen molar-refractivity contribution in [2.75, 3.05) is 0 Å². The number of nitrogens with zero attached hydrogens (tertiary/aromatic N) is 1. The molecule has 1 unspecified atom stereocenters. The van der Waals surface area contributed by atoms with Gasteiger partial charge in [0.15, 0.2) is 0 Å². The molecule has 0 fully saturated rings. The first-order valence-corrected chi connectivity index (χ1v) is 6.52. The smallest absolute Gasteiger partial charge is 0.0309 e. The van der Waals surface area contributed by atoms with Crippen LogP contribution in [0, 0.1) is 0 Å². The molecule has 18 heavy (non-hydrogen) atoms. The van der Waals surface area contributed by atoms with E-state index in [4.69, 9.17) is 0 Å². The van der Waals surface area contributed by atoms with Gasteiger partial charge in [-0.2, -0.15) is 0 Å². The number of hydrogen-bond donors (Lipinski definition) is 0. The molecule has 1 heterocycles. The highest BCUT2D eigenvalue weighted by Crippen LogP contribution is 2.17. The minimum absolute atomic E-state index is 0.255. The van der Waals surface area contributed by atoms with Crippen molar-refractivity contribution in [3.05, 3.63) is 72.3 Å². The zero-order chi connectivity index (χ0) is 13.1. The molecule has 0 radical (unpaired) electrons. The van der Waals surface area contributed by atoms with Crippen molar-refractivity contribution < 1.29 is 0 Å². The van der Waals surface area contributed by atoms with Gasteiger partial charge in [0, 0.05) is 18.3 Å². The van der Waals surface area contributed by atoms with E-state index in [1.165, 1.54) is 5.56 Å². The lowest BCUT2D eigenvalue weighted by molar-refractivity contribution is 1.04. The standard InChI is InChI=1S/C17H21N/c1-3-5-7-8-9-12-16(11-6-4-2)17-13-10-14-18-15-17/h5-8,10-16H,3-4H2,1-2H3/b7-5-,11-6?. The topological polar surface area (TPSA) is 12.9 Å².